The lowest BCUT2D eigenvalue weighted by atomic mass is 9.92. The van der Waals surface area contributed by atoms with Crippen molar-refractivity contribution in [1.29, 1.82) is 0 Å². The van der Waals surface area contributed by atoms with Gasteiger partial charge in [0.25, 0.3) is 5.91 Å². The maximum absolute atomic E-state index is 12.7. The number of likely N-dealkylation sites (tertiary alicyclic amines) is 1. The Kier molecular flexibility index (Phi) is 9.88. The van der Waals surface area contributed by atoms with E-state index in [2.05, 4.69) is 10.6 Å². The Balaban J connectivity index is 0.000000509. The topological polar surface area (TPSA) is 116 Å². The van der Waals surface area contributed by atoms with Crippen LogP contribution in [0.25, 0.3) is 0 Å². The van der Waals surface area contributed by atoms with Crippen LogP contribution in [0.2, 0.25) is 0 Å². The first-order valence-corrected chi connectivity index (χ1v) is 11.2. The number of hydrogen-bond acceptors (Lipinski definition) is 4. The van der Waals surface area contributed by atoms with Crippen LogP contribution >= 0.6 is 0 Å². The highest BCUT2D eigenvalue weighted by Gasteiger charge is 2.38. The summed E-state index contributed by atoms with van der Waals surface area (Å²) in [5.41, 5.74) is 1.28. The first-order valence-electron chi connectivity index (χ1n) is 11.2. The van der Waals surface area contributed by atoms with Gasteiger partial charge >= 0.3 is 12.1 Å². The number of alkyl halides is 3. The second-order valence-electron chi connectivity index (χ2n) is 8.47. The molecule has 34 heavy (non-hydrogen) atoms. The molecule has 2 aliphatic rings. The fraction of sp³-hybridized carbons (Fsp3) is 0.565. The number of carbonyl (C=O) groups is 4. The van der Waals surface area contributed by atoms with Crippen LogP contribution in [-0.2, 0) is 14.4 Å². The number of aliphatic carboxylic acids is 1. The SMILES string of the molecule is CC(=O)Nc1ccc(C(=O)N2CCC(C(=O)NC3CCCCC3)CC2)cc1.O=C(O)C(F)(F)F. The molecule has 1 aliphatic carbocycles. The first kappa shape index (κ1) is 27.1. The Labute approximate surface area is 195 Å². The van der Waals surface area contributed by atoms with Gasteiger partial charge in [-0.1, -0.05) is 19.3 Å². The molecule has 8 nitrogen and oxygen atoms in total. The maximum Gasteiger partial charge on any atom is 0.490 e. The van der Waals surface area contributed by atoms with E-state index in [1.165, 1.54) is 26.2 Å². The van der Waals surface area contributed by atoms with Gasteiger partial charge in [0, 0.05) is 43.2 Å². The van der Waals surface area contributed by atoms with Gasteiger partial charge in [0.05, 0.1) is 0 Å². The van der Waals surface area contributed by atoms with E-state index < -0.39 is 12.1 Å². The van der Waals surface area contributed by atoms with Gasteiger partial charge in [-0.05, 0) is 49.9 Å². The van der Waals surface area contributed by atoms with Crippen molar-refractivity contribution in [2.24, 2.45) is 5.92 Å². The molecule has 1 aliphatic heterocycles. The summed E-state index contributed by atoms with van der Waals surface area (Å²) in [5.74, 6) is -2.74. The number of benzene rings is 1. The standard InChI is InChI=1S/C21H29N3O3.C2HF3O2/c1-15(25)22-19-9-7-17(8-10-19)21(27)24-13-11-16(12-14-24)20(26)23-18-5-3-2-4-6-18;3-2(4,5)1(6)7/h7-10,16,18H,2-6,11-14H2,1H3,(H,22,25)(H,23,26);(H,6,7). The molecule has 1 saturated carbocycles. The lowest BCUT2D eigenvalue weighted by molar-refractivity contribution is -0.192. The van der Waals surface area contributed by atoms with E-state index in [9.17, 15) is 27.6 Å². The number of rotatable bonds is 4. The molecule has 3 rings (SSSR count). The van der Waals surface area contributed by atoms with E-state index in [1.54, 1.807) is 24.3 Å². The maximum atomic E-state index is 12.7. The fourth-order valence-corrected chi connectivity index (χ4v) is 3.99. The first-order chi connectivity index (χ1) is 16.0. The summed E-state index contributed by atoms with van der Waals surface area (Å²) >= 11 is 0. The molecule has 2 fully saturated rings. The van der Waals surface area contributed by atoms with Crippen LogP contribution in [0.5, 0.6) is 0 Å². The molecule has 0 bridgehead atoms. The monoisotopic (exact) mass is 485 g/mol. The quantitative estimate of drug-likeness (QED) is 0.603. The molecule has 1 heterocycles. The largest absolute Gasteiger partial charge is 0.490 e. The third-order valence-electron chi connectivity index (χ3n) is 5.80. The number of amides is 3. The molecule has 3 N–H and O–H groups in total. The molecule has 1 aromatic rings. The smallest absolute Gasteiger partial charge is 0.475 e. The van der Waals surface area contributed by atoms with Crippen LogP contribution in [0.15, 0.2) is 24.3 Å². The highest BCUT2D eigenvalue weighted by Crippen LogP contribution is 2.22. The van der Waals surface area contributed by atoms with Gasteiger partial charge in [-0.25, -0.2) is 4.79 Å². The lowest BCUT2D eigenvalue weighted by Crippen LogP contribution is -2.45. The summed E-state index contributed by atoms with van der Waals surface area (Å²) in [6.07, 6.45) is 2.23. The van der Waals surface area contributed by atoms with Gasteiger partial charge in [0.1, 0.15) is 0 Å². The third kappa shape index (κ3) is 8.68. The molecule has 0 atom stereocenters. The van der Waals surface area contributed by atoms with Crippen LogP contribution < -0.4 is 10.6 Å². The molecule has 1 aromatic carbocycles. The van der Waals surface area contributed by atoms with Crippen molar-refractivity contribution in [2.75, 3.05) is 18.4 Å². The van der Waals surface area contributed by atoms with Crippen molar-refractivity contribution < 1.29 is 37.5 Å². The highest BCUT2D eigenvalue weighted by molar-refractivity contribution is 5.95. The number of anilines is 1. The average Bonchev–Trinajstić information content (AvgIpc) is 2.79. The minimum Gasteiger partial charge on any atom is -0.475 e. The highest BCUT2D eigenvalue weighted by atomic mass is 19.4. The molecule has 1 saturated heterocycles. The van der Waals surface area contributed by atoms with Crippen molar-refractivity contribution in [3.05, 3.63) is 29.8 Å². The van der Waals surface area contributed by atoms with Gasteiger partial charge < -0.3 is 20.6 Å². The normalized spacial score (nSPS) is 17.2. The molecular weight excluding hydrogens is 455 g/mol. The van der Waals surface area contributed by atoms with Crippen molar-refractivity contribution in [2.45, 2.75) is 64.1 Å². The zero-order valence-corrected chi connectivity index (χ0v) is 19.0. The summed E-state index contributed by atoms with van der Waals surface area (Å²) in [4.78, 5) is 46.9. The zero-order valence-electron chi connectivity index (χ0n) is 19.0. The average molecular weight is 486 g/mol. The molecule has 188 valence electrons. The van der Waals surface area contributed by atoms with Crippen LogP contribution in [0.3, 0.4) is 0 Å². The number of piperidine rings is 1. The summed E-state index contributed by atoms with van der Waals surface area (Å²) in [6.45, 7) is 2.66. The van der Waals surface area contributed by atoms with Gasteiger partial charge in [-0.2, -0.15) is 13.2 Å². The lowest BCUT2D eigenvalue weighted by Gasteiger charge is -2.33. The second-order valence-corrected chi connectivity index (χ2v) is 8.47. The Bertz CT molecular complexity index is 860. The molecule has 0 radical (unpaired) electrons. The predicted molar refractivity (Wildman–Crippen MR) is 118 cm³/mol. The number of hydrogen-bond donors (Lipinski definition) is 3. The van der Waals surface area contributed by atoms with Crippen molar-refractivity contribution in [1.82, 2.24) is 10.2 Å². The van der Waals surface area contributed by atoms with Crippen molar-refractivity contribution >= 4 is 29.4 Å². The van der Waals surface area contributed by atoms with E-state index >= 15 is 0 Å². The van der Waals surface area contributed by atoms with Crippen LogP contribution in [-0.4, -0.2) is 59.0 Å². The fourth-order valence-electron chi connectivity index (χ4n) is 3.99. The van der Waals surface area contributed by atoms with E-state index in [4.69, 9.17) is 9.90 Å². The second kappa shape index (κ2) is 12.4. The molecule has 11 heteroatoms. The molecule has 0 unspecified atom stereocenters. The molecule has 3 amide bonds. The Morgan fingerprint density at radius 3 is 1.94 bits per heavy atom. The minimum absolute atomic E-state index is 0.0121. The zero-order chi connectivity index (χ0) is 25.3. The van der Waals surface area contributed by atoms with Gasteiger partial charge in [0.2, 0.25) is 11.8 Å². The Morgan fingerprint density at radius 1 is 0.941 bits per heavy atom. The molecule has 0 spiro atoms. The number of carbonyl (C=O) groups excluding carboxylic acids is 3. The van der Waals surface area contributed by atoms with Crippen LogP contribution in [0.4, 0.5) is 18.9 Å². The van der Waals surface area contributed by atoms with E-state index in [1.807, 2.05) is 4.90 Å². The number of carboxylic acid groups (broad SMARTS) is 1. The summed E-state index contributed by atoms with van der Waals surface area (Å²) in [7, 11) is 0. The van der Waals surface area contributed by atoms with Gasteiger partial charge in [-0.3, -0.25) is 14.4 Å². The Hall–Kier alpha value is -3.11. The molecule has 0 aromatic heterocycles. The number of carboxylic acids is 1. The van der Waals surface area contributed by atoms with Gasteiger partial charge in [0.15, 0.2) is 0 Å². The summed E-state index contributed by atoms with van der Waals surface area (Å²) in [5, 5.41) is 13.0. The van der Waals surface area contributed by atoms with E-state index in [-0.39, 0.29) is 23.6 Å². The minimum atomic E-state index is -5.08. The number of nitrogens with one attached hydrogen (secondary N) is 2. The van der Waals surface area contributed by atoms with Crippen LogP contribution in [0.1, 0.15) is 62.2 Å². The van der Waals surface area contributed by atoms with Crippen molar-refractivity contribution in [3.8, 4) is 0 Å². The number of nitrogens with zero attached hydrogens (tertiary/aromatic N) is 1. The van der Waals surface area contributed by atoms with Gasteiger partial charge in [-0.15, -0.1) is 0 Å². The summed E-state index contributed by atoms with van der Waals surface area (Å²) < 4.78 is 31.7. The summed E-state index contributed by atoms with van der Waals surface area (Å²) in [6, 6.07) is 7.27. The predicted octanol–water partition coefficient (Wildman–Crippen LogP) is 3.58. The molecular formula is C23H30F3N3O5. The van der Waals surface area contributed by atoms with E-state index in [0.29, 0.717) is 43.2 Å². The third-order valence-corrected chi connectivity index (χ3v) is 5.80. The van der Waals surface area contributed by atoms with Crippen molar-refractivity contribution in [3.63, 3.8) is 0 Å². The number of halogens is 3. The Morgan fingerprint density at radius 2 is 1.47 bits per heavy atom. The van der Waals surface area contributed by atoms with Crippen LogP contribution in [0, 0.1) is 5.92 Å². The van der Waals surface area contributed by atoms with E-state index in [0.717, 1.165) is 12.8 Å².